The van der Waals surface area contributed by atoms with E-state index in [1.54, 1.807) is 24.4 Å². The molecule has 7 heteroatoms. The number of anilines is 3. The maximum atomic E-state index is 12.0. The number of hydrogen-bond acceptors (Lipinski definition) is 6. The quantitative estimate of drug-likeness (QED) is 0.779. The summed E-state index contributed by atoms with van der Waals surface area (Å²) in [4.78, 5) is 24.1. The summed E-state index contributed by atoms with van der Waals surface area (Å²) in [5.74, 6) is 0.601. The van der Waals surface area contributed by atoms with Gasteiger partial charge in [-0.15, -0.1) is 0 Å². The summed E-state index contributed by atoms with van der Waals surface area (Å²) in [6.07, 6.45) is 3.06. The van der Waals surface area contributed by atoms with Crippen LogP contribution in [-0.4, -0.2) is 26.9 Å². The zero-order valence-corrected chi connectivity index (χ0v) is 11.3. The molecule has 0 bridgehead atoms. The predicted octanol–water partition coefficient (Wildman–Crippen LogP) is 1.53. The minimum absolute atomic E-state index is 0.0732. The van der Waals surface area contributed by atoms with Crippen LogP contribution >= 0.6 is 0 Å². The first kappa shape index (κ1) is 13.7. The zero-order chi connectivity index (χ0) is 14.5. The lowest BCUT2D eigenvalue weighted by Gasteiger charge is -2.10. The number of carbonyl (C=O) groups excluding carboxylic acids is 1. The van der Waals surface area contributed by atoms with Crippen LogP contribution in [0.4, 0.5) is 17.5 Å². The monoisotopic (exact) mass is 272 g/mol. The van der Waals surface area contributed by atoms with Crippen LogP contribution in [0.3, 0.4) is 0 Å². The van der Waals surface area contributed by atoms with Gasteiger partial charge in [0.2, 0.25) is 0 Å². The summed E-state index contributed by atoms with van der Waals surface area (Å²) in [5, 5.41) is 5.67. The van der Waals surface area contributed by atoms with Crippen LogP contribution < -0.4 is 16.4 Å². The molecule has 2 aromatic rings. The Morgan fingerprint density at radius 2 is 2.05 bits per heavy atom. The van der Waals surface area contributed by atoms with Crippen LogP contribution in [0.1, 0.15) is 24.3 Å². The van der Waals surface area contributed by atoms with Crippen molar-refractivity contribution in [1.29, 1.82) is 0 Å². The van der Waals surface area contributed by atoms with Crippen molar-refractivity contribution in [3.05, 3.63) is 36.3 Å². The molecule has 7 nitrogen and oxygen atoms in total. The fraction of sp³-hybridized carbons (Fsp3) is 0.231. The van der Waals surface area contributed by atoms with Gasteiger partial charge in [0.1, 0.15) is 11.6 Å². The minimum Gasteiger partial charge on any atom is -0.382 e. The highest BCUT2D eigenvalue weighted by Crippen LogP contribution is 2.12. The van der Waals surface area contributed by atoms with Crippen LogP contribution in [-0.2, 0) is 0 Å². The van der Waals surface area contributed by atoms with Gasteiger partial charge in [0.15, 0.2) is 11.5 Å². The van der Waals surface area contributed by atoms with Crippen molar-refractivity contribution in [2.24, 2.45) is 0 Å². The summed E-state index contributed by atoms with van der Waals surface area (Å²) in [5.41, 5.74) is 5.83. The van der Waals surface area contributed by atoms with Crippen molar-refractivity contribution in [2.75, 3.05) is 16.4 Å². The zero-order valence-electron chi connectivity index (χ0n) is 11.3. The summed E-state index contributed by atoms with van der Waals surface area (Å²) in [6.45, 7) is 3.94. The molecule has 1 amide bonds. The standard InChI is InChI=1S/C13H16N6O/c1-8(2)17-10-7-16-11(12(14)18-10)13(20)19-9-5-3-4-6-15-9/h3-8H,1-2H3,(H3,14,17,18)(H,15,19,20). The number of nitrogens with one attached hydrogen (secondary N) is 2. The molecule has 0 spiro atoms. The summed E-state index contributed by atoms with van der Waals surface area (Å²) < 4.78 is 0. The molecule has 0 aliphatic heterocycles. The van der Waals surface area contributed by atoms with Crippen molar-refractivity contribution in [3.8, 4) is 0 Å². The van der Waals surface area contributed by atoms with Crippen LogP contribution in [0, 0.1) is 0 Å². The Bertz CT molecular complexity index is 599. The number of pyridine rings is 1. The lowest BCUT2D eigenvalue weighted by Crippen LogP contribution is -2.19. The third-order valence-electron chi connectivity index (χ3n) is 2.36. The molecule has 0 aromatic carbocycles. The van der Waals surface area contributed by atoms with E-state index in [1.807, 2.05) is 13.8 Å². The third-order valence-corrected chi connectivity index (χ3v) is 2.36. The van der Waals surface area contributed by atoms with Crippen LogP contribution in [0.15, 0.2) is 30.6 Å². The molecule has 0 unspecified atom stereocenters. The van der Waals surface area contributed by atoms with E-state index in [-0.39, 0.29) is 17.6 Å². The molecule has 20 heavy (non-hydrogen) atoms. The number of nitrogens with zero attached hydrogens (tertiary/aromatic N) is 3. The van der Waals surface area contributed by atoms with E-state index in [0.29, 0.717) is 11.6 Å². The Hall–Kier alpha value is -2.70. The second kappa shape index (κ2) is 5.96. The van der Waals surface area contributed by atoms with E-state index in [0.717, 1.165) is 0 Å². The van der Waals surface area contributed by atoms with E-state index in [9.17, 15) is 4.79 Å². The third kappa shape index (κ3) is 3.41. The molecule has 0 saturated heterocycles. The van der Waals surface area contributed by atoms with E-state index in [1.165, 1.54) is 6.20 Å². The van der Waals surface area contributed by atoms with E-state index >= 15 is 0 Å². The summed E-state index contributed by atoms with van der Waals surface area (Å²) >= 11 is 0. The first-order valence-electron chi connectivity index (χ1n) is 6.17. The molecule has 0 aliphatic carbocycles. The molecule has 0 aliphatic rings. The molecular formula is C13H16N6O. The van der Waals surface area contributed by atoms with E-state index in [2.05, 4.69) is 25.6 Å². The van der Waals surface area contributed by atoms with Crippen molar-refractivity contribution in [1.82, 2.24) is 15.0 Å². The van der Waals surface area contributed by atoms with Crippen molar-refractivity contribution in [3.63, 3.8) is 0 Å². The SMILES string of the molecule is CC(C)Nc1cnc(C(=O)Nc2ccccn2)c(N)n1. The van der Waals surface area contributed by atoms with Gasteiger partial charge >= 0.3 is 0 Å². The number of nitrogen functional groups attached to an aromatic ring is 1. The van der Waals surface area contributed by atoms with Gasteiger partial charge in [-0.1, -0.05) is 6.07 Å². The topological polar surface area (TPSA) is 106 Å². The first-order chi connectivity index (χ1) is 9.56. The van der Waals surface area contributed by atoms with Crippen molar-refractivity contribution < 1.29 is 4.79 Å². The summed E-state index contributed by atoms with van der Waals surface area (Å²) in [7, 11) is 0. The largest absolute Gasteiger partial charge is 0.382 e. The second-order valence-corrected chi connectivity index (χ2v) is 4.46. The molecule has 0 saturated carbocycles. The molecule has 2 rings (SSSR count). The lowest BCUT2D eigenvalue weighted by molar-refractivity contribution is 0.102. The highest BCUT2D eigenvalue weighted by atomic mass is 16.2. The summed E-state index contributed by atoms with van der Waals surface area (Å²) in [6, 6.07) is 5.41. The van der Waals surface area contributed by atoms with Gasteiger partial charge in [-0.05, 0) is 26.0 Å². The van der Waals surface area contributed by atoms with Crippen LogP contribution in [0.2, 0.25) is 0 Å². The molecule has 0 radical (unpaired) electrons. The Morgan fingerprint density at radius 3 is 2.65 bits per heavy atom. The van der Waals surface area contributed by atoms with Crippen LogP contribution in [0.5, 0.6) is 0 Å². The Kier molecular flexibility index (Phi) is 4.09. The normalized spacial score (nSPS) is 10.3. The van der Waals surface area contributed by atoms with Crippen molar-refractivity contribution >= 4 is 23.4 Å². The number of carbonyl (C=O) groups is 1. The van der Waals surface area contributed by atoms with Gasteiger partial charge in [-0.3, -0.25) is 4.79 Å². The molecule has 0 atom stereocenters. The smallest absolute Gasteiger partial charge is 0.279 e. The van der Waals surface area contributed by atoms with Crippen molar-refractivity contribution in [2.45, 2.75) is 19.9 Å². The highest BCUT2D eigenvalue weighted by molar-refractivity contribution is 6.05. The lowest BCUT2D eigenvalue weighted by atomic mass is 10.3. The van der Waals surface area contributed by atoms with Gasteiger partial charge in [-0.2, -0.15) is 0 Å². The predicted molar refractivity (Wildman–Crippen MR) is 77.4 cm³/mol. The first-order valence-corrected chi connectivity index (χ1v) is 6.17. The maximum absolute atomic E-state index is 12.0. The van der Waals surface area contributed by atoms with E-state index in [4.69, 9.17) is 5.73 Å². The van der Waals surface area contributed by atoms with Gasteiger partial charge < -0.3 is 16.4 Å². The Balaban J connectivity index is 2.14. The van der Waals surface area contributed by atoms with Crippen LogP contribution in [0.25, 0.3) is 0 Å². The van der Waals surface area contributed by atoms with Gasteiger partial charge in [0, 0.05) is 12.2 Å². The number of hydrogen-bond donors (Lipinski definition) is 3. The van der Waals surface area contributed by atoms with E-state index < -0.39 is 5.91 Å². The molecule has 0 fully saturated rings. The average molecular weight is 272 g/mol. The number of rotatable bonds is 4. The number of nitrogens with two attached hydrogens (primary N) is 1. The maximum Gasteiger partial charge on any atom is 0.279 e. The fourth-order valence-electron chi connectivity index (χ4n) is 1.56. The molecule has 104 valence electrons. The second-order valence-electron chi connectivity index (χ2n) is 4.46. The number of aromatic nitrogens is 3. The Morgan fingerprint density at radius 1 is 1.25 bits per heavy atom. The average Bonchev–Trinajstić information content (AvgIpc) is 2.39. The molecular weight excluding hydrogens is 256 g/mol. The van der Waals surface area contributed by atoms with Gasteiger partial charge in [0.25, 0.3) is 5.91 Å². The van der Waals surface area contributed by atoms with Gasteiger partial charge in [0.05, 0.1) is 6.20 Å². The Labute approximate surface area is 116 Å². The fourth-order valence-corrected chi connectivity index (χ4v) is 1.56. The molecule has 2 heterocycles. The molecule has 2 aromatic heterocycles. The highest BCUT2D eigenvalue weighted by Gasteiger charge is 2.14. The molecule has 4 N–H and O–H groups in total. The van der Waals surface area contributed by atoms with Gasteiger partial charge in [-0.25, -0.2) is 15.0 Å². The number of amides is 1. The minimum atomic E-state index is -0.440.